The zero-order valence-corrected chi connectivity index (χ0v) is 12.3. The van der Waals surface area contributed by atoms with Gasteiger partial charge in [-0.05, 0) is 5.92 Å². The summed E-state index contributed by atoms with van der Waals surface area (Å²) >= 11 is 0. The Bertz CT molecular complexity index is 399. The van der Waals surface area contributed by atoms with Crippen LogP contribution >= 0.6 is 0 Å². The first-order chi connectivity index (χ1) is 9.32. The second-order valence-electron chi connectivity index (χ2n) is 5.50. The number of hydrogen-bond donors (Lipinski definition) is 0. The number of rotatable bonds is 5. The number of esters is 2. The summed E-state index contributed by atoms with van der Waals surface area (Å²) in [5, 5.41) is 0. The van der Waals surface area contributed by atoms with Crippen molar-refractivity contribution in [3.8, 4) is 12.3 Å². The molecule has 0 saturated carbocycles. The lowest BCUT2D eigenvalue weighted by Crippen LogP contribution is -2.46. The van der Waals surface area contributed by atoms with Gasteiger partial charge in [-0.1, -0.05) is 0 Å². The minimum absolute atomic E-state index is 0.169. The van der Waals surface area contributed by atoms with E-state index in [1.54, 1.807) is 0 Å². The normalized spacial score (nSPS) is 22.7. The van der Waals surface area contributed by atoms with Crippen LogP contribution in [0.5, 0.6) is 0 Å². The van der Waals surface area contributed by atoms with E-state index in [9.17, 15) is 9.59 Å². The average Bonchev–Trinajstić information content (AvgIpc) is 2.26. The molecule has 1 fully saturated rings. The van der Waals surface area contributed by atoms with Gasteiger partial charge >= 0.3 is 11.9 Å². The molecule has 2 unspecified atom stereocenters. The van der Waals surface area contributed by atoms with Gasteiger partial charge in [0.25, 0.3) is 0 Å². The molecule has 1 saturated heterocycles. The molecular weight excluding hydrogens is 262 g/mol. The largest absolute Gasteiger partial charge is 0.462 e. The molecule has 20 heavy (non-hydrogen) atoms. The fraction of sp³-hybridized carbons (Fsp3) is 0.714. The molecule has 0 amide bonds. The Kier molecular flexibility index (Phi) is 5.99. The van der Waals surface area contributed by atoms with E-state index in [4.69, 9.17) is 20.6 Å². The summed E-state index contributed by atoms with van der Waals surface area (Å²) in [6.07, 6.45) is 5.32. The summed E-state index contributed by atoms with van der Waals surface area (Å²) in [4.78, 5) is 22.7. The second kappa shape index (κ2) is 7.27. The van der Waals surface area contributed by atoms with Crippen LogP contribution in [0, 0.1) is 12.3 Å². The van der Waals surface area contributed by atoms with E-state index in [1.807, 2.05) is 14.1 Å². The van der Waals surface area contributed by atoms with E-state index in [1.165, 1.54) is 6.92 Å². The van der Waals surface area contributed by atoms with Crippen LogP contribution in [0.4, 0.5) is 0 Å². The highest BCUT2D eigenvalue weighted by molar-refractivity contribution is 5.70. The molecule has 0 aliphatic carbocycles. The molecular formula is C14H22NO5+. The van der Waals surface area contributed by atoms with Gasteiger partial charge in [0.15, 0.2) is 6.54 Å². The SMILES string of the molecule is C#CC[N+](C)(C)CC(=O)OC1CC(OC(C)=O)CCO1. The van der Waals surface area contributed by atoms with Crippen molar-refractivity contribution < 1.29 is 28.3 Å². The van der Waals surface area contributed by atoms with Crippen molar-refractivity contribution in [2.24, 2.45) is 0 Å². The molecule has 0 spiro atoms. The number of hydrogen-bond acceptors (Lipinski definition) is 5. The predicted molar refractivity (Wildman–Crippen MR) is 71.3 cm³/mol. The standard InChI is InChI=1S/C14H22NO5/c1-5-7-15(3,4)10-13(17)20-14-9-12(6-8-18-14)19-11(2)16/h1,12,14H,6-10H2,2-4H3/q+1. The van der Waals surface area contributed by atoms with Crippen molar-refractivity contribution in [2.45, 2.75) is 32.2 Å². The van der Waals surface area contributed by atoms with E-state index in [0.29, 0.717) is 30.5 Å². The predicted octanol–water partition coefficient (Wildman–Crippen LogP) is 0.307. The molecule has 0 aromatic heterocycles. The van der Waals surface area contributed by atoms with E-state index < -0.39 is 6.29 Å². The molecule has 0 aromatic rings. The Morgan fingerprint density at radius 3 is 2.70 bits per heavy atom. The van der Waals surface area contributed by atoms with Gasteiger partial charge in [0.1, 0.15) is 12.6 Å². The van der Waals surface area contributed by atoms with E-state index in [0.717, 1.165) is 0 Å². The minimum Gasteiger partial charge on any atom is -0.462 e. The van der Waals surface area contributed by atoms with Crippen molar-refractivity contribution in [1.29, 1.82) is 0 Å². The highest BCUT2D eigenvalue weighted by atomic mass is 16.7. The minimum atomic E-state index is -0.661. The van der Waals surface area contributed by atoms with Crippen LogP contribution in [0.25, 0.3) is 0 Å². The van der Waals surface area contributed by atoms with Crippen molar-refractivity contribution in [3.05, 3.63) is 0 Å². The molecule has 1 aliphatic heterocycles. The number of likely N-dealkylation sites (N-methyl/N-ethyl adjacent to an activating group) is 1. The number of nitrogens with zero attached hydrogens (tertiary/aromatic N) is 1. The fourth-order valence-corrected chi connectivity index (χ4v) is 1.99. The van der Waals surface area contributed by atoms with Gasteiger partial charge in [-0.25, -0.2) is 4.79 Å². The van der Waals surface area contributed by atoms with Gasteiger partial charge < -0.3 is 18.7 Å². The first-order valence-electron chi connectivity index (χ1n) is 6.56. The van der Waals surface area contributed by atoms with E-state index in [-0.39, 0.29) is 24.6 Å². The zero-order chi connectivity index (χ0) is 15.2. The lowest BCUT2D eigenvalue weighted by Gasteiger charge is -2.30. The van der Waals surface area contributed by atoms with Crippen molar-refractivity contribution in [1.82, 2.24) is 0 Å². The molecule has 0 radical (unpaired) electrons. The quantitative estimate of drug-likeness (QED) is 0.413. The topological polar surface area (TPSA) is 61.8 Å². The summed E-state index contributed by atoms with van der Waals surface area (Å²) in [7, 11) is 3.70. The highest BCUT2D eigenvalue weighted by Gasteiger charge is 2.29. The summed E-state index contributed by atoms with van der Waals surface area (Å²) in [5.74, 6) is 1.81. The zero-order valence-electron chi connectivity index (χ0n) is 12.3. The Morgan fingerprint density at radius 1 is 1.40 bits per heavy atom. The van der Waals surface area contributed by atoms with Crippen LogP contribution in [-0.2, 0) is 23.8 Å². The molecule has 1 rings (SSSR count). The lowest BCUT2D eigenvalue weighted by molar-refractivity contribution is -0.875. The summed E-state index contributed by atoms with van der Waals surface area (Å²) in [6, 6.07) is 0. The number of carbonyl (C=O) groups is 2. The highest BCUT2D eigenvalue weighted by Crippen LogP contribution is 2.18. The Hall–Kier alpha value is -1.58. The average molecular weight is 284 g/mol. The molecule has 6 heteroatoms. The smallest absolute Gasteiger partial charge is 0.364 e. The third-order valence-corrected chi connectivity index (χ3v) is 2.87. The second-order valence-corrected chi connectivity index (χ2v) is 5.50. The van der Waals surface area contributed by atoms with Gasteiger partial charge in [-0.15, -0.1) is 6.42 Å². The maximum absolute atomic E-state index is 11.8. The van der Waals surface area contributed by atoms with Crippen molar-refractivity contribution in [3.63, 3.8) is 0 Å². The number of quaternary nitrogens is 1. The van der Waals surface area contributed by atoms with Gasteiger partial charge in [0.2, 0.25) is 6.29 Å². The third-order valence-electron chi connectivity index (χ3n) is 2.87. The first kappa shape index (κ1) is 16.5. The number of terminal acetylenes is 1. The maximum Gasteiger partial charge on any atom is 0.364 e. The molecule has 6 nitrogen and oxygen atoms in total. The molecule has 0 N–H and O–H groups in total. The Labute approximate surface area is 119 Å². The molecule has 0 bridgehead atoms. The third kappa shape index (κ3) is 6.04. The number of ether oxygens (including phenoxy) is 3. The van der Waals surface area contributed by atoms with Gasteiger partial charge in [-0.3, -0.25) is 4.79 Å². The van der Waals surface area contributed by atoms with Crippen molar-refractivity contribution >= 4 is 11.9 Å². The lowest BCUT2D eigenvalue weighted by atomic mass is 10.1. The monoisotopic (exact) mass is 284 g/mol. The van der Waals surface area contributed by atoms with Gasteiger partial charge in [0, 0.05) is 19.8 Å². The van der Waals surface area contributed by atoms with Crippen LogP contribution in [0.1, 0.15) is 19.8 Å². The van der Waals surface area contributed by atoms with Crippen LogP contribution in [0.15, 0.2) is 0 Å². The van der Waals surface area contributed by atoms with Crippen molar-refractivity contribution in [2.75, 3.05) is 33.8 Å². The fourth-order valence-electron chi connectivity index (χ4n) is 1.99. The van der Waals surface area contributed by atoms with Crippen LogP contribution in [-0.4, -0.2) is 62.6 Å². The molecule has 2 atom stereocenters. The molecule has 1 heterocycles. The van der Waals surface area contributed by atoms with Crippen LogP contribution in [0.2, 0.25) is 0 Å². The van der Waals surface area contributed by atoms with E-state index >= 15 is 0 Å². The molecule has 112 valence electrons. The van der Waals surface area contributed by atoms with E-state index in [2.05, 4.69) is 5.92 Å². The Balaban J connectivity index is 2.42. The molecule has 0 aromatic carbocycles. The van der Waals surface area contributed by atoms with Gasteiger partial charge in [0.05, 0.1) is 20.7 Å². The summed E-state index contributed by atoms with van der Waals surface area (Å²) in [5.41, 5.74) is 0. The Morgan fingerprint density at radius 2 is 2.10 bits per heavy atom. The summed E-state index contributed by atoms with van der Waals surface area (Å²) in [6.45, 7) is 2.37. The molecule has 1 aliphatic rings. The van der Waals surface area contributed by atoms with Crippen LogP contribution in [0.3, 0.4) is 0 Å². The summed E-state index contributed by atoms with van der Waals surface area (Å²) < 4.78 is 16.1. The maximum atomic E-state index is 11.8. The van der Waals surface area contributed by atoms with Gasteiger partial charge in [-0.2, -0.15) is 0 Å². The number of carbonyl (C=O) groups excluding carboxylic acids is 2. The van der Waals surface area contributed by atoms with Crippen LogP contribution < -0.4 is 0 Å². The first-order valence-corrected chi connectivity index (χ1v) is 6.56.